The first kappa shape index (κ1) is 28.4. The Labute approximate surface area is 184 Å². The zero-order valence-corrected chi connectivity index (χ0v) is 17.6. The van der Waals surface area contributed by atoms with Crippen LogP contribution in [0.15, 0.2) is 4.99 Å². The summed E-state index contributed by atoms with van der Waals surface area (Å²) >= 11 is 0. The molecular formula is C17H32N8O7. The van der Waals surface area contributed by atoms with Crippen LogP contribution in [0.5, 0.6) is 0 Å². The molecule has 0 aliphatic carbocycles. The van der Waals surface area contributed by atoms with Crippen LogP contribution in [0.3, 0.4) is 0 Å². The number of hydrogen-bond acceptors (Lipinski definition) is 7. The molecule has 0 aromatic carbocycles. The minimum absolute atomic E-state index is 0.0365. The van der Waals surface area contributed by atoms with Gasteiger partial charge in [0.25, 0.3) is 0 Å². The molecule has 0 unspecified atom stereocenters. The molecule has 0 fully saturated rings. The summed E-state index contributed by atoms with van der Waals surface area (Å²) < 4.78 is 0. The van der Waals surface area contributed by atoms with Crippen molar-refractivity contribution in [3.05, 3.63) is 0 Å². The Morgan fingerprint density at radius 1 is 0.844 bits per heavy atom. The highest BCUT2D eigenvalue weighted by Crippen LogP contribution is 2.04. The maximum absolute atomic E-state index is 12.5. The number of carbonyl (C=O) groups is 5. The molecular weight excluding hydrogens is 428 g/mol. The number of nitrogens with two attached hydrogens (primary N) is 4. The number of rotatable bonds is 16. The normalized spacial score (nSPS) is 13.2. The van der Waals surface area contributed by atoms with Crippen molar-refractivity contribution in [3.63, 3.8) is 0 Å². The van der Waals surface area contributed by atoms with Gasteiger partial charge in [0.05, 0.1) is 6.04 Å². The van der Waals surface area contributed by atoms with E-state index in [2.05, 4.69) is 20.9 Å². The average molecular weight is 460 g/mol. The number of urea groups is 1. The topological polar surface area (TPSA) is 278 Å². The molecule has 0 aromatic heterocycles. The number of hydrogen-bond donors (Lipinski definition) is 9. The number of primary amides is 1. The van der Waals surface area contributed by atoms with E-state index in [0.29, 0.717) is 6.42 Å². The van der Waals surface area contributed by atoms with Gasteiger partial charge in [0.1, 0.15) is 12.1 Å². The van der Waals surface area contributed by atoms with Crippen molar-refractivity contribution < 1.29 is 34.2 Å². The number of aliphatic imine (C=N–C) groups is 1. The molecule has 0 aliphatic heterocycles. The number of aliphatic carboxylic acids is 2. The second-order valence-corrected chi connectivity index (χ2v) is 6.88. The lowest BCUT2D eigenvalue weighted by molar-refractivity contribution is -0.143. The van der Waals surface area contributed by atoms with Gasteiger partial charge in [-0.05, 0) is 32.1 Å². The average Bonchev–Trinajstić information content (AvgIpc) is 2.69. The third kappa shape index (κ3) is 13.6. The summed E-state index contributed by atoms with van der Waals surface area (Å²) in [6, 6.07) is -4.42. The number of nitrogens with zero attached hydrogens (tertiary/aromatic N) is 1. The fourth-order valence-electron chi connectivity index (χ4n) is 2.51. The van der Waals surface area contributed by atoms with Gasteiger partial charge in [0.2, 0.25) is 11.8 Å². The van der Waals surface area contributed by atoms with E-state index in [-0.39, 0.29) is 44.7 Å². The lowest BCUT2D eigenvalue weighted by Crippen LogP contribution is -2.54. The number of carbonyl (C=O) groups excluding carboxylic acids is 3. The van der Waals surface area contributed by atoms with E-state index in [9.17, 15) is 29.1 Å². The highest BCUT2D eigenvalue weighted by atomic mass is 16.4. The summed E-state index contributed by atoms with van der Waals surface area (Å²) in [7, 11) is 0. The van der Waals surface area contributed by atoms with Crippen LogP contribution in [0.25, 0.3) is 0 Å². The summed E-state index contributed by atoms with van der Waals surface area (Å²) in [5, 5.41) is 25.1. The van der Waals surface area contributed by atoms with Gasteiger partial charge in [-0.25, -0.2) is 9.59 Å². The quantitative estimate of drug-likeness (QED) is 0.0629. The largest absolute Gasteiger partial charge is 0.481 e. The molecule has 0 aromatic rings. The van der Waals surface area contributed by atoms with E-state index >= 15 is 0 Å². The van der Waals surface area contributed by atoms with Crippen molar-refractivity contribution in [2.45, 2.75) is 56.7 Å². The SMILES string of the molecule is NC(=O)NCCC[C@H](NC(=O)[C@H](CCC(=O)O)NC(=O)[C@@H](N)CCCN=C(N)N)C(=O)O. The summed E-state index contributed by atoms with van der Waals surface area (Å²) in [5.74, 6) is -4.23. The van der Waals surface area contributed by atoms with Crippen LogP contribution >= 0.6 is 0 Å². The van der Waals surface area contributed by atoms with Gasteiger partial charge in [0, 0.05) is 19.5 Å². The molecule has 13 N–H and O–H groups in total. The van der Waals surface area contributed by atoms with Gasteiger partial charge in [-0.1, -0.05) is 0 Å². The van der Waals surface area contributed by atoms with Crippen molar-refractivity contribution in [2.75, 3.05) is 13.1 Å². The third-order valence-electron chi connectivity index (χ3n) is 4.17. The summed E-state index contributed by atoms with van der Waals surface area (Å²) in [6.45, 7) is 0.347. The Kier molecular flexibility index (Phi) is 13.5. The molecule has 0 radical (unpaired) electrons. The van der Waals surface area contributed by atoms with Crippen molar-refractivity contribution in [3.8, 4) is 0 Å². The first-order valence-electron chi connectivity index (χ1n) is 9.83. The molecule has 0 aliphatic rings. The van der Waals surface area contributed by atoms with Gasteiger partial charge in [-0.15, -0.1) is 0 Å². The molecule has 32 heavy (non-hydrogen) atoms. The lowest BCUT2D eigenvalue weighted by Gasteiger charge is -2.22. The van der Waals surface area contributed by atoms with E-state index in [4.69, 9.17) is 28.0 Å². The molecule has 0 bridgehead atoms. The van der Waals surface area contributed by atoms with Gasteiger partial charge in [-0.2, -0.15) is 0 Å². The number of guanidine groups is 1. The van der Waals surface area contributed by atoms with Crippen LogP contribution in [-0.4, -0.2) is 77.2 Å². The monoisotopic (exact) mass is 460 g/mol. The Morgan fingerprint density at radius 3 is 2.00 bits per heavy atom. The minimum Gasteiger partial charge on any atom is -0.481 e. The number of carboxylic acids is 2. The van der Waals surface area contributed by atoms with Crippen molar-refractivity contribution in [2.24, 2.45) is 27.9 Å². The Hall–Kier alpha value is -3.62. The van der Waals surface area contributed by atoms with Crippen LogP contribution in [0.1, 0.15) is 38.5 Å². The van der Waals surface area contributed by atoms with Gasteiger partial charge in [0.15, 0.2) is 5.96 Å². The van der Waals surface area contributed by atoms with Gasteiger partial charge in [-0.3, -0.25) is 19.4 Å². The zero-order chi connectivity index (χ0) is 24.7. The molecule has 15 nitrogen and oxygen atoms in total. The summed E-state index contributed by atoms with van der Waals surface area (Å²) in [5.41, 5.74) is 21.1. The minimum atomic E-state index is -1.34. The first-order chi connectivity index (χ1) is 14.9. The number of amides is 4. The second-order valence-electron chi connectivity index (χ2n) is 6.88. The molecule has 0 heterocycles. The van der Waals surface area contributed by atoms with Crippen molar-refractivity contribution in [1.82, 2.24) is 16.0 Å². The molecule has 3 atom stereocenters. The van der Waals surface area contributed by atoms with Crippen molar-refractivity contribution in [1.29, 1.82) is 0 Å². The van der Waals surface area contributed by atoms with E-state index < -0.39 is 54.3 Å². The summed E-state index contributed by atoms with van der Waals surface area (Å²) in [6.07, 6.45) is 0.0270. The lowest BCUT2D eigenvalue weighted by atomic mass is 10.1. The predicted molar refractivity (Wildman–Crippen MR) is 113 cm³/mol. The highest BCUT2D eigenvalue weighted by molar-refractivity contribution is 5.92. The molecule has 0 saturated carbocycles. The van der Waals surface area contributed by atoms with E-state index in [1.165, 1.54) is 0 Å². The third-order valence-corrected chi connectivity index (χ3v) is 4.17. The van der Waals surface area contributed by atoms with Gasteiger partial charge < -0.3 is 49.1 Å². The molecule has 0 saturated heterocycles. The maximum atomic E-state index is 12.5. The Bertz CT molecular complexity index is 696. The smallest absolute Gasteiger partial charge is 0.326 e. The highest BCUT2D eigenvalue weighted by Gasteiger charge is 2.28. The van der Waals surface area contributed by atoms with E-state index in [0.717, 1.165) is 0 Å². The van der Waals surface area contributed by atoms with Crippen LogP contribution in [0, 0.1) is 0 Å². The molecule has 15 heteroatoms. The van der Waals surface area contributed by atoms with E-state index in [1.54, 1.807) is 0 Å². The summed E-state index contributed by atoms with van der Waals surface area (Å²) in [4.78, 5) is 61.6. The zero-order valence-electron chi connectivity index (χ0n) is 17.6. The number of carboxylic acid groups (broad SMARTS) is 2. The molecule has 182 valence electrons. The number of nitrogens with one attached hydrogen (secondary N) is 3. The maximum Gasteiger partial charge on any atom is 0.326 e. The second kappa shape index (κ2) is 15.2. The predicted octanol–water partition coefficient (Wildman–Crippen LogP) is -3.27. The molecule has 0 spiro atoms. The van der Waals surface area contributed by atoms with Crippen LogP contribution in [-0.2, 0) is 19.2 Å². The van der Waals surface area contributed by atoms with Crippen LogP contribution in [0.4, 0.5) is 4.79 Å². The standard InChI is InChI=1S/C17H32N8O7/c18-9(3-1-7-22-16(19)20)13(28)24-10(5-6-12(26)27)14(29)25-11(15(30)31)4-2-8-23-17(21)32/h9-11H,1-8,18H2,(H,24,28)(H,25,29)(H,26,27)(H,30,31)(H4,19,20,22)(H3,21,23,32)/t9-,10-,11-/m0/s1. The fraction of sp³-hybridized carbons (Fsp3) is 0.647. The molecule has 4 amide bonds. The Balaban J connectivity index is 4.97. The Morgan fingerprint density at radius 2 is 1.47 bits per heavy atom. The van der Waals surface area contributed by atoms with Crippen molar-refractivity contribution >= 4 is 35.7 Å². The first-order valence-corrected chi connectivity index (χ1v) is 9.83. The fourth-order valence-corrected chi connectivity index (χ4v) is 2.51. The van der Waals surface area contributed by atoms with Gasteiger partial charge >= 0.3 is 18.0 Å². The van der Waals surface area contributed by atoms with Crippen LogP contribution < -0.4 is 38.9 Å². The van der Waals surface area contributed by atoms with Crippen LogP contribution in [0.2, 0.25) is 0 Å². The van der Waals surface area contributed by atoms with E-state index in [1.807, 2.05) is 0 Å². The molecule has 0 rings (SSSR count).